The van der Waals surface area contributed by atoms with Gasteiger partial charge < -0.3 is 9.15 Å². The Hall–Kier alpha value is -2.97. The van der Waals surface area contributed by atoms with Crippen LogP contribution in [0.15, 0.2) is 64.1 Å². The number of carbonyl (C=O) groups is 1. The van der Waals surface area contributed by atoms with Crippen molar-refractivity contribution in [3.63, 3.8) is 0 Å². The molecule has 0 radical (unpaired) electrons. The molecule has 2 aromatic carbocycles. The molecule has 1 N–H and O–H groups in total. The summed E-state index contributed by atoms with van der Waals surface area (Å²) in [5.41, 5.74) is 3.08. The van der Waals surface area contributed by atoms with Crippen LogP contribution in [0.3, 0.4) is 0 Å². The van der Waals surface area contributed by atoms with Crippen molar-refractivity contribution < 1.29 is 22.4 Å². The molecular weight excluding hydrogens is 380 g/mol. The Morgan fingerprint density at radius 2 is 1.86 bits per heavy atom. The molecular formula is C20H20N2O5S. The van der Waals surface area contributed by atoms with Gasteiger partial charge in [0.1, 0.15) is 25.1 Å². The highest BCUT2D eigenvalue weighted by molar-refractivity contribution is 7.89. The summed E-state index contributed by atoms with van der Waals surface area (Å²) in [4.78, 5) is 16.2. The number of ether oxygens (including phenoxy) is 1. The quantitative estimate of drug-likeness (QED) is 0.612. The average molecular weight is 400 g/mol. The molecule has 0 saturated carbocycles. The standard InChI is InChI=1S/C20H20N2O5S/c1-14-8-9-18(10-15(14)2)28(24,25)21-11-19(23)26-12-17-13-27-20(22-17)16-6-4-3-5-7-16/h3-10,13,21H,11-12H2,1-2H3. The fourth-order valence-corrected chi connectivity index (χ4v) is 3.46. The first-order valence-electron chi connectivity index (χ1n) is 8.57. The zero-order valence-corrected chi connectivity index (χ0v) is 16.3. The minimum absolute atomic E-state index is 0.104. The predicted octanol–water partition coefficient (Wildman–Crippen LogP) is 2.98. The summed E-state index contributed by atoms with van der Waals surface area (Å²) >= 11 is 0. The molecule has 3 aromatic rings. The fourth-order valence-electron chi connectivity index (χ4n) is 2.41. The summed E-state index contributed by atoms with van der Waals surface area (Å²) < 4.78 is 37.2. The van der Waals surface area contributed by atoms with Gasteiger partial charge in [-0.05, 0) is 49.2 Å². The number of esters is 1. The SMILES string of the molecule is Cc1ccc(S(=O)(=O)NCC(=O)OCc2coc(-c3ccccc3)n2)cc1C. The van der Waals surface area contributed by atoms with E-state index in [2.05, 4.69) is 9.71 Å². The van der Waals surface area contributed by atoms with E-state index in [1.54, 1.807) is 12.1 Å². The van der Waals surface area contributed by atoms with Crippen LogP contribution in [0.5, 0.6) is 0 Å². The van der Waals surface area contributed by atoms with E-state index < -0.39 is 22.5 Å². The summed E-state index contributed by atoms with van der Waals surface area (Å²) in [5.74, 6) is -0.293. The van der Waals surface area contributed by atoms with E-state index >= 15 is 0 Å². The molecule has 0 aliphatic rings. The van der Waals surface area contributed by atoms with Crippen molar-refractivity contribution in [2.24, 2.45) is 0 Å². The number of sulfonamides is 1. The maximum Gasteiger partial charge on any atom is 0.321 e. The molecule has 7 nitrogen and oxygen atoms in total. The third-order valence-electron chi connectivity index (χ3n) is 4.15. The molecule has 1 aromatic heterocycles. The lowest BCUT2D eigenvalue weighted by Gasteiger charge is -2.08. The minimum Gasteiger partial charge on any atom is -0.458 e. The average Bonchev–Trinajstić information content (AvgIpc) is 3.16. The number of carbonyl (C=O) groups excluding carboxylic acids is 1. The predicted molar refractivity (Wildman–Crippen MR) is 103 cm³/mol. The number of aryl methyl sites for hydroxylation is 2. The Labute approximate surface area is 163 Å². The second-order valence-electron chi connectivity index (χ2n) is 6.24. The van der Waals surface area contributed by atoms with Gasteiger partial charge in [0.05, 0.1) is 4.90 Å². The number of oxazole rings is 1. The van der Waals surface area contributed by atoms with Crippen molar-refractivity contribution in [2.45, 2.75) is 25.3 Å². The molecule has 28 heavy (non-hydrogen) atoms. The molecule has 0 atom stereocenters. The third kappa shape index (κ3) is 4.85. The summed E-state index contributed by atoms with van der Waals surface area (Å²) in [5, 5.41) is 0. The largest absolute Gasteiger partial charge is 0.458 e. The molecule has 0 aliphatic carbocycles. The van der Waals surface area contributed by atoms with Gasteiger partial charge in [-0.3, -0.25) is 4.79 Å². The number of nitrogens with zero attached hydrogens (tertiary/aromatic N) is 1. The molecule has 0 amide bonds. The van der Waals surface area contributed by atoms with Crippen molar-refractivity contribution >= 4 is 16.0 Å². The van der Waals surface area contributed by atoms with E-state index in [0.29, 0.717) is 11.6 Å². The number of nitrogens with one attached hydrogen (secondary N) is 1. The van der Waals surface area contributed by atoms with Crippen LogP contribution in [0, 0.1) is 13.8 Å². The smallest absolute Gasteiger partial charge is 0.321 e. The lowest BCUT2D eigenvalue weighted by Crippen LogP contribution is -2.30. The van der Waals surface area contributed by atoms with E-state index in [1.165, 1.54) is 12.3 Å². The van der Waals surface area contributed by atoms with Gasteiger partial charge in [0.25, 0.3) is 0 Å². The monoisotopic (exact) mass is 400 g/mol. The molecule has 0 saturated heterocycles. The highest BCUT2D eigenvalue weighted by Gasteiger charge is 2.17. The van der Waals surface area contributed by atoms with E-state index in [0.717, 1.165) is 16.7 Å². The lowest BCUT2D eigenvalue weighted by molar-refractivity contribution is -0.143. The van der Waals surface area contributed by atoms with Gasteiger partial charge in [-0.1, -0.05) is 24.3 Å². The molecule has 1 heterocycles. The van der Waals surface area contributed by atoms with Crippen LogP contribution in [0.2, 0.25) is 0 Å². The number of aromatic nitrogens is 1. The minimum atomic E-state index is -3.79. The molecule has 0 aliphatic heterocycles. The first kappa shape index (κ1) is 19.8. The van der Waals surface area contributed by atoms with Gasteiger partial charge in [0.15, 0.2) is 0 Å². The van der Waals surface area contributed by atoms with Crippen molar-refractivity contribution in [3.05, 3.63) is 71.6 Å². The van der Waals surface area contributed by atoms with Crippen LogP contribution in [-0.2, 0) is 26.2 Å². The zero-order chi connectivity index (χ0) is 20.1. The maximum atomic E-state index is 12.3. The second kappa shape index (κ2) is 8.37. The van der Waals surface area contributed by atoms with Crippen molar-refractivity contribution in [1.29, 1.82) is 0 Å². The molecule has 0 unspecified atom stereocenters. The van der Waals surface area contributed by atoms with Crippen LogP contribution in [0.4, 0.5) is 0 Å². The van der Waals surface area contributed by atoms with Gasteiger partial charge in [-0.2, -0.15) is 4.72 Å². The van der Waals surface area contributed by atoms with Crippen LogP contribution in [-0.4, -0.2) is 25.9 Å². The Morgan fingerprint density at radius 1 is 1.11 bits per heavy atom. The Bertz CT molecular complexity index is 1070. The van der Waals surface area contributed by atoms with Crippen molar-refractivity contribution in [3.8, 4) is 11.5 Å². The summed E-state index contributed by atoms with van der Waals surface area (Å²) in [6.07, 6.45) is 1.40. The molecule has 0 fully saturated rings. The summed E-state index contributed by atoms with van der Waals surface area (Å²) in [6.45, 7) is 3.13. The van der Waals surface area contributed by atoms with Crippen molar-refractivity contribution in [2.75, 3.05) is 6.54 Å². The number of rotatable bonds is 7. The Balaban J connectivity index is 1.53. The van der Waals surface area contributed by atoms with Gasteiger partial charge in [0, 0.05) is 5.56 Å². The Morgan fingerprint density at radius 3 is 2.57 bits per heavy atom. The van der Waals surface area contributed by atoms with E-state index in [-0.39, 0.29) is 11.5 Å². The maximum absolute atomic E-state index is 12.3. The topological polar surface area (TPSA) is 98.5 Å². The fraction of sp³-hybridized carbons (Fsp3) is 0.200. The summed E-state index contributed by atoms with van der Waals surface area (Å²) in [6, 6.07) is 14.1. The molecule has 0 bridgehead atoms. The lowest BCUT2D eigenvalue weighted by atomic mass is 10.1. The third-order valence-corrected chi connectivity index (χ3v) is 5.55. The number of benzene rings is 2. The highest BCUT2D eigenvalue weighted by atomic mass is 32.2. The number of hydrogen-bond donors (Lipinski definition) is 1. The highest BCUT2D eigenvalue weighted by Crippen LogP contribution is 2.18. The Kier molecular flexibility index (Phi) is 5.91. The van der Waals surface area contributed by atoms with E-state index in [4.69, 9.17) is 9.15 Å². The first-order valence-corrected chi connectivity index (χ1v) is 10.1. The molecule has 146 valence electrons. The second-order valence-corrected chi connectivity index (χ2v) is 8.01. The van der Waals surface area contributed by atoms with Gasteiger partial charge in [0.2, 0.25) is 15.9 Å². The zero-order valence-electron chi connectivity index (χ0n) is 15.5. The van der Waals surface area contributed by atoms with Gasteiger partial charge >= 0.3 is 5.97 Å². The molecule has 3 rings (SSSR count). The van der Waals surface area contributed by atoms with Crippen molar-refractivity contribution in [1.82, 2.24) is 9.71 Å². The van der Waals surface area contributed by atoms with Crippen LogP contribution >= 0.6 is 0 Å². The normalized spacial score (nSPS) is 11.4. The van der Waals surface area contributed by atoms with Crippen LogP contribution in [0.25, 0.3) is 11.5 Å². The van der Waals surface area contributed by atoms with E-state index in [9.17, 15) is 13.2 Å². The van der Waals surface area contributed by atoms with Crippen LogP contribution in [0.1, 0.15) is 16.8 Å². The van der Waals surface area contributed by atoms with Gasteiger partial charge in [-0.25, -0.2) is 13.4 Å². The first-order chi connectivity index (χ1) is 13.3. The van der Waals surface area contributed by atoms with Gasteiger partial charge in [-0.15, -0.1) is 0 Å². The van der Waals surface area contributed by atoms with E-state index in [1.807, 2.05) is 44.2 Å². The molecule has 8 heteroatoms. The van der Waals surface area contributed by atoms with Crippen LogP contribution < -0.4 is 4.72 Å². The summed E-state index contributed by atoms with van der Waals surface area (Å²) in [7, 11) is -3.79. The molecule has 0 spiro atoms. The number of hydrogen-bond acceptors (Lipinski definition) is 6.